The number of aliphatic carboxylic acids is 1. The van der Waals surface area contributed by atoms with Crippen molar-refractivity contribution in [2.45, 2.75) is 147 Å². The number of piperidine rings is 1. The number of carbonyl (C=O) groups is 9. The number of amides is 7. The summed E-state index contributed by atoms with van der Waals surface area (Å²) in [7, 11) is 1.35. The van der Waals surface area contributed by atoms with Gasteiger partial charge in [0.2, 0.25) is 41.4 Å². The van der Waals surface area contributed by atoms with Gasteiger partial charge in [-0.05, 0) is 67.0 Å². The number of fused-ring (bicyclic) bond motifs is 3. The highest BCUT2D eigenvalue weighted by Gasteiger charge is 2.46. The number of H-pyrrole nitrogens is 1. The van der Waals surface area contributed by atoms with Gasteiger partial charge in [0.25, 0.3) is 0 Å². The standard InChI is InChI=1S/C54H68N8O13/c1-6-7-9-18-43(64)56-40(28-45(66)67)49(69)60-47-31(4)75-54(74)46(30(2)3)59-50(70)41(25-33-19-21-35(63)22-20-33)61(5)53(73)42(26-32-14-10-8-11-15-32)62-44(65)24-23-38(52(62)72)57-48(68)39(58-51(47)71)27-34-29-55-37-17-13-12-16-36(34)37/h8,10-17,19-22,29-31,38-42,44,46-47,55,63,65H,6-7,9,18,23-28H2,1-5H3,(H,56,64)(H,57,68)(H,58,71)(H,59,70)(H,60,69)(H,66,67). The number of esters is 1. The highest BCUT2D eigenvalue weighted by atomic mass is 16.5. The molecule has 2 fully saturated rings. The van der Waals surface area contributed by atoms with Gasteiger partial charge in [0.05, 0.1) is 6.42 Å². The molecule has 3 heterocycles. The summed E-state index contributed by atoms with van der Waals surface area (Å²) in [4.78, 5) is 133. The van der Waals surface area contributed by atoms with Gasteiger partial charge in [-0.3, -0.25) is 38.4 Å². The molecule has 0 saturated carbocycles. The number of nitrogens with zero attached hydrogens (tertiary/aromatic N) is 2. The number of aliphatic hydroxyl groups is 1. The van der Waals surface area contributed by atoms with Crippen molar-refractivity contribution in [2.24, 2.45) is 5.92 Å². The highest BCUT2D eigenvalue weighted by Crippen LogP contribution is 2.26. The third-order valence-electron chi connectivity index (χ3n) is 13.6. The number of aliphatic hydroxyl groups excluding tert-OH is 1. The lowest BCUT2D eigenvalue weighted by Crippen LogP contribution is -2.65. The van der Waals surface area contributed by atoms with Crippen molar-refractivity contribution in [1.29, 1.82) is 0 Å². The van der Waals surface area contributed by atoms with Gasteiger partial charge in [-0.15, -0.1) is 0 Å². The first-order chi connectivity index (χ1) is 35.8. The number of aromatic nitrogens is 1. The number of carbonyl (C=O) groups excluding carboxylic acids is 8. The van der Waals surface area contributed by atoms with Gasteiger partial charge < -0.3 is 61.4 Å². The predicted molar refractivity (Wildman–Crippen MR) is 273 cm³/mol. The van der Waals surface area contributed by atoms with Crippen molar-refractivity contribution >= 4 is 64.2 Å². The summed E-state index contributed by atoms with van der Waals surface area (Å²) in [6.45, 7) is 6.40. The number of cyclic esters (lactones) is 1. The molecule has 6 rings (SSSR count). The number of aromatic amines is 1. The van der Waals surface area contributed by atoms with Gasteiger partial charge in [0.15, 0.2) is 0 Å². The fourth-order valence-electron chi connectivity index (χ4n) is 9.36. The van der Waals surface area contributed by atoms with Crippen LogP contribution in [0.1, 0.15) is 89.3 Å². The first-order valence-electron chi connectivity index (χ1n) is 25.3. The second kappa shape index (κ2) is 25.9. The number of nitrogens with one attached hydrogen (secondary N) is 6. The van der Waals surface area contributed by atoms with Gasteiger partial charge in [-0.2, -0.15) is 0 Å². The summed E-state index contributed by atoms with van der Waals surface area (Å²) in [5.41, 5.74) is 2.34. The monoisotopic (exact) mass is 1040 g/mol. The SMILES string of the molecule is CCCCCC(=O)NC(CC(=O)O)C(=O)NC1C(=O)NC(Cc2c[nH]c3ccccc23)C(=O)NC2CCC(O)N(C2=O)C(Cc2ccccc2)C(=O)N(C)C(Cc2ccc(O)cc2)C(=O)NC(C(C)C)C(=O)OC1C. The van der Waals surface area contributed by atoms with Gasteiger partial charge in [-0.25, -0.2) is 4.79 Å². The largest absolute Gasteiger partial charge is 0.508 e. The number of hydrogen-bond donors (Lipinski definition) is 9. The number of hydrogen-bond acceptors (Lipinski definition) is 12. The normalized spacial score (nSPS) is 23.7. The molecule has 21 nitrogen and oxygen atoms in total. The second-order valence-corrected chi connectivity index (χ2v) is 19.6. The third kappa shape index (κ3) is 14.7. The molecule has 3 aromatic carbocycles. The second-order valence-electron chi connectivity index (χ2n) is 19.6. The molecule has 0 spiro atoms. The molecule has 2 aliphatic heterocycles. The van der Waals surface area contributed by atoms with E-state index < -0.39 is 120 Å². The Kier molecular flexibility index (Phi) is 19.5. The van der Waals surface area contributed by atoms with Crippen molar-refractivity contribution < 1.29 is 63.2 Å². The number of carboxylic acid groups (broad SMARTS) is 1. The molecule has 9 unspecified atom stereocenters. The minimum atomic E-state index is -1.88. The Balaban J connectivity index is 1.46. The van der Waals surface area contributed by atoms with Crippen LogP contribution in [-0.4, -0.2) is 145 Å². The van der Waals surface area contributed by atoms with Crippen LogP contribution >= 0.6 is 0 Å². The number of aromatic hydroxyl groups is 1. The first kappa shape index (κ1) is 56.5. The van der Waals surface area contributed by atoms with Crippen molar-refractivity contribution in [3.05, 3.63) is 102 Å². The zero-order valence-electron chi connectivity index (χ0n) is 42.7. The first-order valence-corrected chi connectivity index (χ1v) is 25.3. The lowest BCUT2D eigenvalue weighted by molar-refractivity contribution is -0.165. The minimum absolute atomic E-state index is 0.0181. The van der Waals surface area contributed by atoms with E-state index in [0.717, 1.165) is 16.2 Å². The number of benzene rings is 3. The Labute approximate surface area is 434 Å². The number of phenols is 1. The fraction of sp³-hybridized carbons (Fsp3) is 0.463. The predicted octanol–water partition coefficient (Wildman–Crippen LogP) is 2.12. The Morgan fingerprint density at radius 2 is 1.45 bits per heavy atom. The molecule has 2 bridgehead atoms. The van der Waals surface area contributed by atoms with Crippen molar-refractivity contribution in [3.63, 3.8) is 0 Å². The lowest BCUT2D eigenvalue weighted by atomic mass is 9.95. The van der Waals surface area contributed by atoms with E-state index in [1.807, 2.05) is 6.92 Å². The summed E-state index contributed by atoms with van der Waals surface area (Å²) in [6.07, 6.45) is -1.21. The maximum absolute atomic E-state index is 15.2. The molecular weight excluding hydrogens is 969 g/mol. The summed E-state index contributed by atoms with van der Waals surface area (Å²) < 4.78 is 5.91. The van der Waals surface area contributed by atoms with E-state index >= 15 is 4.79 Å². The maximum Gasteiger partial charge on any atom is 0.329 e. The van der Waals surface area contributed by atoms with Crippen molar-refractivity contribution in [3.8, 4) is 5.75 Å². The van der Waals surface area contributed by atoms with Gasteiger partial charge in [-0.1, -0.05) is 94.3 Å². The zero-order valence-corrected chi connectivity index (χ0v) is 42.7. The summed E-state index contributed by atoms with van der Waals surface area (Å²) in [5.74, 6) is -9.48. The molecule has 402 valence electrons. The fourth-order valence-corrected chi connectivity index (χ4v) is 9.36. The van der Waals surface area contributed by atoms with Crippen molar-refractivity contribution in [1.82, 2.24) is 41.4 Å². The molecule has 2 saturated heterocycles. The number of unbranched alkanes of at least 4 members (excludes halogenated alkanes) is 2. The smallest absolute Gasteiger partial charge is 0.329 e. The molecule has 7 amide bonds. The van der Waals surface area contributed by atoms with E-state index in [9.17, 15) is 53.7 Å². The van der Waals surface area contributed by atoms with Crippen LogP contribution in [0.15, 0.2) is 85.1 Å². The van der Waals surface area contributed by atoms with E-state index in [-0.39, 0.29) is 44.3 Å². The van der Waals surface area contributed by atoms with Crippen LogP contribution in [0.2, 0.25) is 0 Å². The third-order valence-corrected chi connectivity index (χ3v) is 13.6. The number of phenolic OH excluding ortho intramolecular Hbond substituents is 1. The molecule has 75 heavy (non-hydrogen) atoms. The summed E-state index contributed by atoms with van der Waals surface area (Å²) >= 11 is 0. The molecule has 4 aromatic rings. The Bertz CT molecular complexity index is 2700. The molecule has 0 radical (unpaired) electrons. The number of rotatable bonds is 16. The van der Waals surface area contributed by atoms with E-state index in [1.165, 1.54) is 26.1 Å². The maximum atomic E-state index is 15.2. The highest BCUT2D eigenvalue weighted by molar-refractivity contribution is 5.99. The number of ether oxygens (including phenoxy) is 1. The lowest BCUT2D eigenvalue weighted by Gasteiger charge is -2.43. The average molecular weight is 1040 g/mol. The van der Waals surface area contributed by atoms with E-state index in [1.54, 1.807) is 86.8 Å². The Morgan fingerprint density at radius 1 is 0.787 bits per heavy atom. The van der Waals surface area contributed by atoms with Crippen LogP contribution in [-0.2, 0) is 67.2 Å². The molecule has 9 N–H and O–H groups in total. The Hall–Kier alpha value is -7.81. The van der Waals surface area contributed by atoms with Gasteiger partial charge in [0.1, 0.15) is 60.4 Å². The molecule has 2 aliphatic rings. The zero-order chi connectivity index (χ0) is 54.5. The van der Waals surface area contributed by atoms with Crippen LogP contribution in [0.5, 0.6) is 5.75 Å². The molecule has 0 aliphatic carbocycles. The molecule has 21 heteroatoms. The summed E-state index contributed by atoms with van der Waals surface area (Å²) in [5, 5.41) is 45.3. The summed E-state index contributed by atoms with van der Waals surface area (Å²) in [6, 6.07) is 10.9. The number of carboxylic acids is 1. The van der Waals surface area contributed by atoms with Crippen LogP contribution in [0, 0.1) is 5.92 Å². The average Bonchev–Trinajstić information content (AvgIpc) is 3.78. The minimum Gasteiger partial charge on any atom is -0.508 e. The molecular formula is C54H68N8O13. The van der Waals surface area contributed by atoms with Gasteiger partial charge >= 0.3 is 11.9 Å². The number of para-hydroxylation sites is 1. The van der Waals surface area contributed by atoms with E-state index in [0.29, 0.717) is 40.4 Å². The van der Waals surface area contributed by atoms with Crippen LogP contribution in [0.25, 0.3) is 10.9 Å². The Morgan fingerprint density at radius 3 is 2.13 bits per heavy atom. The van der Waals surface area contributed by atoms with E-state index in [4.69, 9.17) is 4.74 Å². The molecule has 9 atom stereocenters. The molecule has 1 aromatic heterocycles. The van der Waals surface area contributed by atoms with Crippen LogP contribution in [0.4, 0.5) is 0 Å². The van der Waals surface area contributed by atoms with Crippen molar-refractivity contribution in [2.75, 3.05) is 7.05 Å². The van der Waals surface area contributed by atoms with Crippen LogP contribution < -0.4 is 26.6 Å². The number of likely N-dealkylation sites (N-methyl/N-ethyl adjacent to an activating group) is 1. The van der Waals surface area contributed by atoms with Gasteiger partial charge in [0, 0.05) is 49.8 Å². The quantitative estimate of drug-likeness (QED) is 0.0575. The van der Waals surface area contributed by atoms with E-state index in [2.05, 4.69) is 31.6 Å². The van der Waals surface area contributed by atoms with Crippen LogP contribution in [0.3, 0.4) is 0 Å². The topological polar surface area (TPSA) is 306 Å².